The first-order valence-corrected chi connectivity index (χ1v) is 9.07. The molecule has 1 amide bonds. The molecule has 1 N–H and O–H groups in total. The van der Waals surface area contributed by atoms with Crippen molar-refractivity contribution in [3.63, 3.8) is 0 Å². The van der Waals surface area contributed by atoms with E-state index < -0.39 is 0 Å². The second kappa shape index (κ2) is 9.12. The number of nitrogens with one attached hydrogen (secondary N) is 1. The highest BCUT2D eigenvalue weighted by molar-refractivity contribution is 6.42. The summed E-state index contributed by atoms with van der Waals surface area (Å²) in [7, 11) is 0. The average Bonchev–Trinajstić information content (AvgIpc) is 2.56. The van der Waals surface area contributed by atoms with Crippen molar-refractivity contribution in [3.8, 4) is 5.75 Å². The van der Waals surface area contributed by atoms with E-state index in [2.05, 4.69) is 43.4 Å². The highest BCUT2D eigenvalue weighted by Crippen LogP contribution is 2.31. The summed E-state index contributed by atoms with van der Waals surface area (Å²) in [4.78, 5) is 12.1. The lowest BCUT2D eigenvalue weighted by atomic mass is 10.00. The van der Waals surface area contributed by atoms with Gasteiger partial charge in [0.2, 0.25) is 0 Å². The molecule has 2 aromatic carbocycles. The van der Waals surface area contributed by atoms with Gasteiger partial charge in [0.1, 0.15) is 10.8 Å². The Bertz CT molecular complexity index is 714. The summed E-state index contributed by atoms with van der Waals surface area (Å²) >= 11 is 12.0. The molecule has 0 bridgehead atoms. The maximum absolute atomic E-state index is 12.1. The van der Waals surface area contributed by atoms with Gasteiger partial charge in [-0.1, -0.05) is 67.4 Å². The summed E-state index contributed by atoms with van der Waals surface area (Å²) in [5.41, 5.74) is 2.36. The molecule has 0 aliphatic heterocycles. The first kappa shape index (κ1) is 19.6. The van der Waals surface area contributed by atoms with Gasteiger partial charge in [0, 0.05) is 0 Å². The lowest BCUT2D eigenvalue weighted by molar-refractivity contribution is -0.123. The van der Waals surface area contributed by atoms with Gasteiger partial charge < -0.3 is 10.1 Å². The monoisotopic (exact) mass is 379 g/mol. The summed E-state index contributed by atoms with van der Waals surface area (Å²) in [6.07, 6.45) is 1.05. The Labute approximate surface area is 159 Å². The molecule has 0 saturated heterocycles. The van der Waals surface area contributed by atoms with Crippen molar-refractivity contribution in [2.75, 3.05) is 6.61 Å². The van der Waals surface area contributed by atoms with Gasteiger partial charge in [0.15, 0.2) is 6.61 Å². The third kappa shape index (κ3) is 5.94. The van der Waals surface area contributed by atoms with Gasteiger partial charge in [-0.25, -0.2) is 0 Å². The van der Waals surface area contributed by atoms with Crippen molar-refractivity contribution in [1.82, 2.24) is 5.32 Å². The molecule has 3 nitrogen and oxygen atoms in total. The quantitative estimate of drug-likeness (QED) is 0.694. The highest BCUT2D eigenvalue weighted by Gasteiger charge is 2.12. The van der Waals surface area contributed by atoms with E-state index in [0.29, 0.717) is 21.7 Å². The van der Waals surface area contributed by atoms with Gasteiger partial charge in [-0.05, 0) is 42.5 Å². The zero-order valence-electron chi connectivity index (χ0n) is 14.7. The van der Waals surface area contributed by atoms with Crippen molar-refractivity contribution in [2.24, 2.45) is 5.92 Å². The van der Waals surface area contributed by atoms with Crippen LogP contribution in [0.15, 0.2) is 42.5 Å². The molecule has 0 aliphatic rings. The van der Waals surface area contributed by atoms with Crippen LogP contribution in [0.5, 0.6) is 5.75 Å². The highest BCUT2D eigenvalue weighted by atomic mass is 35.5. The minimum absolute atomic E-state index is 0.0981. The van der Waals surface area contributed by atoms with Crippen molar-refractivity contribution in [3.05, 3.63) is 63.6 Å². The molecule has 0 heterocycles. The third-order valence-corrected chi connectivity index (χ3v) is 4.58. The maximum Gasteiger partial charge on any atom is 0.258 e. The molecular formula is C20H23Cl2NO2. The SMILES string of the molecule is CC(C)Cc1ccc([C@@H](C)NC(=O)COc2cccc(Cl)c2Cl)cc1. The molecular weight excluding hydrogens is 357 g/mol. The molecule has 134 valence electrons. The number of hydrogen-bond donors (Lipinski definition) is 1. The lowest BCUT2D eigenvalue weighted by Gasteiger charge is -2.16. The van der Waals surface area contributed by atoms with Crippen LogP contribution in [0.4, 0.5) is 0 Å². The van der Waals surface area contributed by atoms with E-state index in [1.54, 1.807) is 18.2 Å². The first-order chi connectivity index (χ1) is 11.9. The fourth-order valence-electron chi connectivity index (χ4n) is 2.52. The van der Waals surface area contributed by atoms with Crippen LogP contribution in [0.2, 0.25) is 10.0 Å². The van der Waals surface area contributed by atoms with Crippen molar-refractivity contribution < 1.29 is 9.53 Å². The van der Waals surface area contributed by atoms with Gasteiger partial charge in [-0.3, -0.25) is 4.79 Å². The Morgan fingerprint density at radius 2 is 1.76 bits per heavy atom. The summed E-state index contributed by atoms with van der Waals surface area (Å²) in [5, 5.41) is 3.63. The third-order valence-electron chi connectivity index (χ3n) is 3.78. The minimum Gasteiger partial charge on any atom is -0.482 e. The zero-order chi connectivity index (χ0) is 18.4. The van der Waals surface area contributed by atoms with Crippen molar-refractivity contribution >= 4 is 29.1 Å². The number of carbonyl (C=O) groups excluding carboxylic acids is 1. The van der Waals surface area contributed by atoms with E-state index in [4.69, 9.17) is 27.9 Å². The van der Waals surface area contributed by atoms with Crippen molar-refractivity contribution in [2.45, 2.75) is 33.2 Å². The van der Waals surface area contributed by atoms with Crippen LogP contribution in [0.25, 0.3) is 0 Å². The van der Waals surface area contributed by atoms with E-state index in [9.17, 15) is 4.79 Å². The van der Waals surface area contributed by atoms with Crippen LogP contribution < -0.4 is 10.1 Å². The van der Waals surface area contributed by atoms with Crippen LogP contribution in [0.3, 0.4) is 0 Å². The molecule has 1 atom stereocenters. The van der Waals surface area contributed by atoms with E-state index in [-0.39, 0.29) is 18.6 Å². The number of carbonyl (C=O) groups is 1. The van der Waals surface area contributed by atoms with Gasteiger partial charge in [-0.2, -0.15) is 0 Å². The van der Waals surface area contributed by atoms with E-state index in [1.807, 2.05) is 6.92 Å². The van der Waals surface area contributed by atoms with Crippen LogP contribution in [-0.2, 0) is 11.2 Å². The topological polar surface area (TPSA) is 38.3 Å². The normalized spacial score (nSPS) is 12.1. The molecule has 5 heteroatoms. The van der Waals surface area contributed by atoms with Crippen LogP contribution in [-0.4, -0.2) is 12.5 Å². The molecule has 0 saturated carbocycles. The minimum atomic E-state index is -0.213. The molecule has 0 spiro atoms. The number of ether oxygens (including phenoxy) is 1. The molecule has 0 aliphatic carbocycles. The molecule has 0 unspecified atom stereocenters. The van der Waals surface area contributed by atoms with Crippen molar-refractivity contribution in [1.29, 1.82) is 0 Å². The number of rotatable bonds is 7. The van der Waals surface area contributed by atoms with Gasteiger partial charge in [0.25, 0.3) is 5.91 Å². The Morgan fingerprint density at radius 3 is 2.40 bits per heavy atom. The fourth-order valence-corrected chi connectivity index (χ4v) is 2.87. The fraction of sp³-hybridized carbons (Fsp3) is 0.350. The number of hydrogen-bond acceptors (Lipinski definition) is 2. The summed E-state index contributed by atoms with van der Waals surface area (Å²) in [5.74, 6) is 0.809. The van der Waals surface area contributed by atoms with Crippen LogP contribution in [0, 0.1) is 5.92 Å². The van der Waals surface area contributed by atoms with Crippen LogP contribution in [0.1, 0.15) is 37.9 Å². The second-order valence-electron chi connectivity index (χ2n) is 6.47. The van der Waals surface area contributed by atoms with E-state index in [1.165, 1.54) is 5.56 Å². The first-order valence-electron chi connectivity index (χ1n) is 8.32. The Hall–Kier alpha value is -1.71. The molecule has 2 rings (SSSR count). The maximum atomic E-state index is 12.1. The predicted molar refractivity (Wildman–Crippen MR) is 103 cm³/mol. The predicted octanol–water partition coefficient (Wildman–Crippen LogP) is 5.45. The zero-order valence-corrected chi connectivity index (χ0v) is 16.2. The van der Waals surface area contributed by atoms with Gasteiger partial charge in [-0.15, -0.1) is 0 Å². The van der Waals surface area contributed by atoms with E-state index >= 15 is 0 Å². The number of amides is 1. The number of benzene rings is 2. The molecule has 25 heavy (non-hydrogen) atoms. The summed E-state index contributed by atoms with van der Waals surface area (Å²) in [6, 6.07) is 13.3. The number of halogens is 2. The van der Waals surface area contributed by atoms with Gasteiger partial charge in [0.05, 0.1) is 11.1 Å². The molecule has 0 radical (unpaired) electrons. The van der Waals surface area contributed by atoms with Crippen LogP contribution >= 0.6 is 23.2 Å². The van der Waals surface area contributed by atoms with Gasteiger partial charge >= 0.3 is 0 Å². The molecule has 0 fully saturated rings. The summed E-state index contributed by atoms with van der Waals surface area (Å²) in [6.45, 7) is 6.23. The summed E-state index contributed by atoms with van der Waals surface area (Å²) < 4.78 is 5.45. The average molecular weight is 380 g/mol. The Morgan fingerprint density at radius 1 is 1.08 bits per heavy atom. The van der Waals surface area contributed by atoms with E-state index in [0.717, 1.165) is 12.0 Å². The second-order valence-corrected chi connectivity index (χ2v) is 7.25. The standard InChI is InChI=1S/C20H23Cl2NO2/c1-13(2)11-15-7-9-16(10-8-15)14(3)23-19(24)12-25-18-6-4-5-17(21)20(18)22/h4-10,13-14H,11-12H2,1-3H3,(H,23,24)/t14-/m1/s1. The molecule has 0 aromatic heterocycles. The molecule has 2 aromatic rings. The smallest absolute Gasteiger partial charge is 0.258 e. The lowest BCUT2D eigenvalue weighted by Crippen LogP contribution is -2.31. The largest absolute Gasteiger partial charge is 0.482 e. The Balaban J connectivity index is 1.88. The Kier molecular flexibility index (Phi) is 7.15.